The highest BCUT2D eigenvalue weighted by molar-refractivity contribution is 6.22. The Kier molecular flexibility index (Phi) is 4.71. The largest absolute Gasteiger partial charge is 0.362 e. The lowest BCUT2D eigenvalue weighted by Gasteiger charge is -2.17. The highest BCUT2D eigenvalue weighted by Gasteiger charge is 2.24. The van der Waals surface area contributed by atoms with Gasteiger partial charge in [0.15, 0.2) is 0 Å². The second-order valence-corrected chi connectivity index (χ2v) is 8.09. The number of allylic oxidation sites excluding steroid dienone is 1. The van der Waals surface area contributed by atoms with Crippen LogP contribution in [0.4, 0.5) is 5.82 Å². The third-order valence-electron chi connectivity index (χ3n) is 5.53. The molecule has 5 rings (SSSR count). The molecule has 0 bridgehead atoms. The molecule has 1 aliphatic rings. The van der Waals surface area contributed by atoms with Crippen molar-refractivity contribution in [2.75, 3.05) is 5.32 Å². The average molecular weight is 417 g/mol. The minimum Gasteiger partial charge on any atom is -0.362 e. The molecule has 0 spiro atoms. The number of anilines is 1. The summed E-state index contributed by atoms with van der Waals surface area (Å²) >= 11 is 6.35. The van der Waals surface area contributed by atoms with Crippen LogP contribution in [0.3, 0.4) is 0 Å². The van der Waals surface area contributed by atoms with Crippen LogP contribution in [0.1, 0.15) is 35.6 Å². The predicted molar refractivity (Wildman–Crippen MR) is 121 cm³/mol. The molecule has 6 nitrogen and oxygen atoms in total. The molecule has 0 amide bonds. The molecule has 150 valence electrons. The van der Waals surface area contributed by atoms with E-state index in [4.69, 9.17) is 16.6 Å². The van der Waals surface area contributed by atoms with Crippen LogP contribution in [-0.2, 0) is 6.54 Å². The molecule has 30 heavy (non-hydrogen) atoms. The summed E-state index contributed by atoms with van der Waals surface area (Å²) in [5, 5.41) is 4.39. The normalized spacial score (nSPS) is 17.8. The van der Waals surface area contributed by atoms with Crippen molar-refractivity contribution in [2.24, 2.45) is 0 Å². The first kappa shape index (κ1) is 18.8. The third kappa shape index (κ3) is 3.33. The molecule has 0 fully saturated rings. The number of pyridine rings is 1. The van der Waals surface area contributed by atoms with Gasteiger partial charge in [-0.15, -0.1) is 11.6 Å². The van der Waals surface area contributed by atoms with E-state index < -0.39 is 0 Å². The maximum Gasteiger partial charge on any atom is 0.137 e. The Balaban J connectivity index is 1.47. The topological polar surface area (TPSA) is 79.4 Å². The lowest BCUT2D eigenvalue weighted by molar-refractivity contribution is 0.750. The van der Waals surface area contributed by atoms with Crippen LogP contribution in [0.25, 0.3) is 28.1 Å². The smallest absolute Gasteiger partial charge is 0.137 e. The number of aryl methyl sites for hydroxylation is 1. The summed E-state index contributed by atoms with van der Waals surface area (Å²) in [6.07, 6.45) is 9.21. The van der Waals surface area contributed by atoms with E-state index in [-0.39, 0.29) is 11.3 Å². The van der Waals surface area contributed by atoms with Crippen molar-refractivity contribution in [2.45, 2.75) is 31.7 Å². The van der Waals surface area contributed by atoms with Gasteiger partial charge in [-0.1, -0.05) is 19.1 Å². The lowest BCUT2D eigenvalue weighted by Crippen LogP contribution is -2.11. The number of hydrogen-bond acceptors (Lipinski definition) is 5. The summed E-state index contributed by atoms with van der Waals surface area (Å²) < 4.78 is 0. The number of nitrogens with one attached hydrogen (secondary N) is 2. The monoisotopic (exact) mass is 416 g/mol. The van der Waals surface area contributed by atoms with E-state index in [1.54, 1.807) is 12.5 Å². The van der Waals surface area contributed by atoms with Crippen molar-refractivity contribution < 1.29 is 0 Å². The molecule has 2 N–H and O–H groups in total. The van der Waals surface area contributed by atoms with Crippen molar-refractivity contribution in [3.8, 4) is 11.1 Å². The van der Waals surface area contributed by atoms with E-state index in [1.807, 2.05) is 24.4 Å². The number of hydrogen-bond donors (Lipinski definition) is 2. The van der Waals surface area contributed by atoms with Gasteiger partial charge in [0.05, 0.1) is 23.1 Å². The molecule has 0 saturated heterocycles. The number of halogens is 1. The van der Waals surface area contributed by atoms with Crippen LogP contribution in [0.15, 0.2) is 49.1 Å². The molecule has 2 unspecified atom stereocenters. The Morgan fingerprint density at radius 2 is 2.10 bits per heavy atom. The fourth-order valence-electron chi connectivity index (χ4n) is 3.87. The number of imidazole rings is 1. The molecule has 4 aromatic rings. The summed E-state index contributed by atoms with van der Waals surface area (Å²) in [6.45, 7) is 4.70. The van der Waals surface area contributed by atoms with Gasteiger partial charge in [0.2, 0.25) is 0 Å². The number of aromatic amines is 1. The van der Waals surface area contributed by atoms with Crippen molar-refractivity contribution >= 4 is 34.4 Å². The standard InChI is InChI=1S/C23H21ClN6/c1-13-8-16(15-4-3-7-25-10-15)9-17-21(13)27-12-28-23(17)26-11-20-29-19-6-5-18(24)14(2)22(19)30-20/h3-10,12,14,18H,11H2,1-2H3,(H,29,30)(H,26,27,28). The SMILES string of the molecule is Cc1cc(-c2cccnc2)cc2c(NCc3nc4c([nH]3)C(C)C(Cl)C=C4)ncnc12. The molecule has 0 aliphatic heterocycles. The molecule has 1 aliphatic carbocycles. The van der Waals surface area contributed by atoms with Gasteiger partial charge in [-0.2, -0.15) is 0 Å². The second kappa shape index (κ2) is 7.54. The quantitative estimate of drug-likeness (QED) is 0.454. The number of benzene rings is 1. The van der Waals surface area contributed by atoms with Crippen LogP contribution < -0.4 is 5.32 Å². The third-order valence-corrected chi connectivity index (χ3v) is 6.05. The van der Waals surface area contributed by atoms with E-state index in [0.717, 1.165) is 50.6 Å². The predicted octanol–water partition coefficient (Wildman–Crippen LogP) is 5.07. The van der Waals surface area contributed by atoms with Crippen molar-refractivity contribution in [3.63, 3.8) is 0 Å². The van der Waals surface area contributed by atoms with E-state index in [1.165, 1.54) is 0 Å². The fraction of sp³-hybridized carbons (Fsp3) is 0.217. The minimum absolute atomic E-state index is 0.0153. The number of fused-ring (bicyclic) bond motifs is 2. The van der Waals surface area contributed by atoms with Crippen molar-refractivity contribution in [1.82, 2.24) is 24.9 Å². The van der Waals surface area contributed by atoms with Crippen LogP contribution in [0.5, 0.6) is 0 Å². The molecule has 3 aromatic heterocycles. The first-order chi connectivity index (χ1) is 14.6. The van der Waals surface area contributed by atoms with Gasteiger partial charge < -0.3 is 10.3 Å². The Morgan fingerprint density at radius 3 is 2.93 bits per heavy atom. The Labute approximate surface area is 179 Å². The van der Waals surface area contributed by atoms with Crippen LogP contribution in [-0.4, -0.2) is 30.3 Å². The van der Waals surface area contributed by atoms with Gasteiger partial charge in [-0.25, -0.2) is 15.0 Å². The number of H-pyrrole nitrogens is 1. The van der Waals surface area contributed by atoms with Crippen molar-refractivity contribution in [3.05, 3.63) is 71.8 Å². The number of nitrogens with zero attached hydrogens (tertiary/aromatic N) is 4. The van der Waals surface area contributed by atoms with Crippen LogP contribution in [0.2, 0.25) is 0 Å². The van der Waals surface area contributed by atoms with Crippen LogP contribution in [0, 0.1) is 6.92 Å². The summed E-state index contributed by atoms with van der Waals surface area (Å²) in [5.74, 6) is 1.84. The van der Waals surface area contributed by atoms with E-state index in [9.17, 15) is 0 Å². The maximum atomic E-state index is 6.35. The molecule has 3 heterocycles. The molecular formula is C23H21ClN6. The van der Waals surface area contributed by atoms with Gasteiger partial charge in [-0.05, 0) is 42.3 Å². The van der Waals surface area contributed by atoms with E-state index >= 15 is 0 Å². The maximum absolute atomic E-state index is 6.35. The minimum atomic E-state index is -0.0153. The molecule has 7 heteroatoms. The highest BCUT2D eigenvalue weighted by atomic mass is 35.5. The van der Waals surface area contributed by atoms with Gasteiger partial charge in [0.25, 0.3) is 0 Å². The summed E-state index contributed by atoms with van der Waals surface area (Å²) in [7, 11) is 0. The molecule has 0 radical (unpaired) electrons. The highest BCUT2D eigenvalue weighted by Crippen LogP contribution is 2.32. The van der Waals surface area contributed by atoms with E-state index in [0.29, 0.717) is 6.54 Å². The number of rotatable bonds is 4. The fourth-order valence-corrected chi connectivity index (χ4v) is 4.07. The van der Waals surface area contributed by atoms with Gasteiger partial charge in [0.1, 0.15) is 18.0 Å². The van der Waals surface area contributed by atoms with Gasteiger partial charge in [-0.3, -0.25) is 4.98 Å². The Morgan fingerprint density at radius 1 is 1.20 bits per heavy atom. The molecule has 0 saturated carbocycles. The zero-order valence-electron chi connectivity index (χ0n) is 16.7. The summed E-state index contributed by atoms with van der Waals surface area (Å²) in [4.78, 5) is 21.3. The average Bonchev–Trinajstić information content (AvgIpc) is 3.19. The Hall–Kier alpha value is -3.25. The first-order valence-electron chi connectivity index (χ1n) is 9.91. The number of aromatic nitrogens is 5. The van der Waals surface area contributed by atoms with Crippen LogP contribution >= 0.6 is 11.6 Å². The summed E-state index contributed by atoms with van der Waals surface area (Å²) in [5.41, 5.74) is 6.21. The Bertz CT molecular complexity index is 1250. The molecular weight excluding hydrogens is 396 g/mol. The van der Waals surface area contributed by atoms with Crippen molar-refractivity contribution in [1.29, 1.82) is 0 Å². The van der Waals surface area contributed by atoms with Gasteiger partial charge >= 0.3 is 0 Å². The zero-order valence-corrected chi connectivity index (χ0v) is 17.5. The summed E-state index contributed by atoms with van der Waals surface area (Å²) in [6, 6.07) is 8.23. The van der Waals surface area contributed by atoms with E-state index in [2.05, 4.69) is 57.3 Å². The molecule has 2 atom stereocenters. The second-order valence-electron chi connectivity index (χ2n) is 7.58. The zero-order chi connectivity index (χ0) is 20.7. The number of alkyl halides is 1. The van der Waals surface area contributed by atoms with Gasteiger partial charge in [0, 0.05) is 35.0 Å². The molecule has 1 aromatic carbocycles. The lowest BCUT2D eigenvalue weighted by atomic mass is 9.97. The first-order valence-corrected chi connectivity index (χ1v) is 10.3.